The number of benzene rings is 1. The zero-order valence-corrected chi connectivity index (χ0v) is 23.5. The third-order valence-corrected chi connectivity index (χ3v) is 11.4. The SMILES string of the molecule is CCCN(NC[C@H](O[Si](C)(C)C(C)(C)C)c1cccc(Cl)c1)c1nc(CC(=O)OCC)cs1. The average molecular weight is 512 g/mol. The Morgan fingerprint density at radius 3 is 2.64 bits per heavy atom. The molecule has 9 heteroatoms. The average Bonchev–Trinajstić information content (AvgIpc) is 3.17. The summed E-state index contributed by atoms with van der Waals surface area (Å²) in [5.74, 6) is -0.256. The van der Waals surface area contributed by atoms with Crippen molar-refractivity contribution in [1.82, 2.24) is 10.4 Å². The van der Waals surface area contributed by atoms with Crippen LogP contribution in [-0.4, -0.2) is 39.0 Å². The molecule has 1 aromatic heterocycles. The van der Waals surface area contributed by atoms with Gasteiger partial charge in [-0.2, -0.15) is 0 Å². The molecule has 0 radical (unpaired) electrons. The van der Waals surface area contributed by atoms with Gasteiger partial charge in [0.15, 0.2) is 13.4 Å². The number of hydrogen-bond acceptors (Lipinski definition) is 7. The first-order chi connectivity index (χ1) is 15.5. The molecule has 0 bridgehead atoms. The van der Waals surface area contributed by atoms with Crippen LogP contribution in [-0.2, 0) is 20.4 Å². The van der Waals surface area contributed by atoms with E-state index in [2.05, 4.69) is 57.3 Å². The molecule has 0 amide bonds. The minimum atomic E-state index is -2.03. The maximum absolute atomic E-state index is 11.8. The minimum absolute atomic E-state index is 0.0875. The van der Waals surface area contributed by atoms with Crippen LogP contribution >= 0.6 is 22.9 Å². The van der Waals surface area contributed by atoms with Gasteiger partial charge >= 0.3 is 5.97 Å². The second-order valence-corrected chi connectivity index (χ2v) is 15.6. The monoisotopic (exact) mass is 511 g/mol. The number of rotatable bonds is 12. The summed E-state index contributed by atoms with van der Waals surface area (Å²) in [6, 6.07) is 7.89. The summed E-state index contributed by atoms with van der Waals surface area (Å²) in [5.41, 5.74) is 5.32. The van der Waals surface area contributed by atoms with Crippen LogP contribution in [0, 0.1) is 0 Å². The Labute approximate surface area is 208 Å². The van der Waals surface area contributed by atoms with Gasteiger partial charge in [-0.1, -0.05) is 51.4 Å². The molecule has 0 saturated carbocycles. The van der Waals surface area contributed by atoms with Gasteiger partial charge in [0.05, 0.1) is 24.8 Å². The third-order valence-electron chi connectivity index (χ3n) is 5.78. The Kier molecular flexibility index (Phi) is 10.4. The van der Waals surface area contributed by atoms with Crippen molar-refractivity contribution in [2.45, 2.75) is 71.7 Å². The number of esters is 1. The van der Waals surface area contributed by atoms with Gasteiger partial charge in [0.2, 0.25) is 0 Å². The number of nitrogens with one attached hydrogen (secondary N) is 1. The number of halogens is 1. The highest BCUT2D eigenvalue weighted by molar-refractivity contribution is 7.13. The Hall–Kier alpha value is -1.45. The molecule has 1 N–H and O–H groups in total. The van der Waals surface area contributed by atoms with Crippen molar-refractivity contribution in [2.24, 2.45) is 0 Å². The Balaban J connectivity index is 2.20. The van der Waals surface area contributed by atoms with E-state index < -0.39 is 8.32 Å². The molecule has 1 heterocycles. The summed E-state index contributed by atoms with van der Waals surface area (Å²) >= 11 is 7.82. The quantitative estimate of drug-likeness (QED) is 0.202. The highest BCUT2D eigenvalue weighted by atomic mass is 35.5. The van der Waals surface area contributed by atoms with Gasteiger partial charge in [-0.3, -0.25) is 9.80 Å². The summed E-state index contributed by atoms with van der Waals surface area (Å²) in [6.07, 6.45) is 0.983. The lowest BCUT2D eigenvalue weighted by atomic mass is 10.1. The molecule has 184 valence electrons. The first kappa shape index (κ1) is 27.8. The van der Waals surface area contributed by atoms with Crippen LogP contribution < -0.4 is 10.4 Å². The van der Waals surface area contributed by atoms with E-state index in [9.17, 15) is 4.79 Å². The molecule has 0 spiro atoms. The van der Waals surface area contributed by atoms with Crippen molar-refractivity contribution in [3.05, 3.63) is 45.9 Å². The van der Waals surface area contributed by atoms with Gasteiger partial charge in [-0.25, -0.2) is 10.4 Å². The topological polar surface area (TPSA) is 63.7 Å². The Bertz CT molecular complexity index is 901. The zero-order chi connectivity index (χ0) is 24.6. The second kappa shape index (κ2) is 12.3. The summed E-state index contributed by atoms with van der Waals surface area (Å²) in [5, 5.41) is 5.58. The van der Waals surface area contributed by atoms with Gasteiger partial charge < -0.3 is 9.16 Å². The van der Waals surface area contributed by atoms with Gasteiger partial charge in [0, 0.05) is 23.5 Å². The first-order valence-corrected chi connectivity index (χ1v) is 15.7. The molecule has 1 aromatic carbocycles. The van der Waals surface area contributed by atoms with Crippen LogP contribution in [0.25, 0.3) is 0 Å². The highest BCUT2D eigenvalue weighted by Crippen LogP contribution is 2.40. The second-order valence-electron chi connectivity index (χ2n) is 9.54. The molecule has 0 aliphatic rings. The fraction of sp³-hybridized carbons (Fsp3) is 0.583. The van der Waals surface area contributed by atoms with E-state index >= 15 is 0 Å². The van der Waals surface area contributed by atoms with Crippen molar-refractivity contribution in [2.75, 3.05) is 24.7 Å². The molecular formula is C24H38ClN3O3SSi. The largest absolute Gasteiger partial charge is 0.466 e. The van der Waals surface area contributed by atoms with E-state index in [-0.39, 0.29) is 23.5 Å². The molecule has 0 aliphatic carbocycles. The van der Waals surface area contributed by atoms with Crippen LogP contribution in [0.15, 0.2) is 29.6 Å². The lowest BCUT2D eigenvalue weighted by Gasteiger charge is -2.40. The van der Waals surface area contributed by atoms with E-state index in [1.54, 1.807) is 6.92 Å². The van der Waals surface area contributed by atoms with Crippen LogP contribution in [0.1, 0.15) is 58.4 Å². The molecule has 2 rings (SSSR count). The lowest BCUT2D eigenvalue weighted by molar-refractivity contribution is -0.142. The minimum Gasteiger partial charge on any atom is -0.466 e. The van der Waals surface area contributed by atoms with Gasteiger partial charge in [0.1, 0.15) is 0 Å². The van der Waals surface area contributed by atoms with E-state index in [1.807, 2.05) is 28.6 Å². The van der Waals surface area contributed by atoms with Crippen molar-refractivity contribution < 1.29 is 14.0 Å². The fourth-order valence-electron chi connectivity index (χ4n) is 2.99. The number of carbonyl (C=O) groups excluding carboxylic acids is 1. The Morgan fingerprint density at radius 1 is 1.30 bits per heavy atom. The van der Waals surface area contributed by atoms with Crippen LogP contribution in [0.4, 0.5) is 5.13 Å². The van der Waals surface area contributed by atoms with Crippen LogP contribution in [0.3, 0.4) is 0 Å². The van der Waals surface area contributed by atoms with Gasteiger partial charge in [-0.15, -0.1) is 11.3 Å². The number of hydrazine groups is 1. The highest BCUT2D eigenvalue weighted by Gasteiger charge is 2.39. The standard InChI is InChI=1S/C24H38ClN3O3SSi/c1-8-13-28(23-27-20(17-32-23)15-22(29)30-9-2)26-16-21(18-11-10-12-19(25)14-18)31-33(6,7)24(3,4)5/h10-12,14,17,21,26H,8-9,13,15-16H2,1-7H3/t21-/m0/s1. The number of anilines is 1. The smallest absolute Gasteiger partial charge is 0.311 e. The predicted octanol–water partition coefficient (Wildman–Crippen LogP) is 6.39. The Morgan fingerprint density at radius 2 is 2.03 bits per heavy atom. The summed E-state index contributed by atoms with van der Waals surface area (Å²) in [6.45, 7) is 16.9. The first-order valence-electron chi connectivity index (χ1n) is 11.5. The van der Waals surface area contributed by atoms with E-state index in [0.29, 0.717) is 18.2 Å². The normalized spacial score (nSPS) is 13.1. The number of carbonyl (C=O) groups is 1. The summed E-state index contributed by atoms with van der Waals surface area (Å²) < 4.78 is 11.9. The molecule has 0 unspecified atom stereocenters. The van der Waals surface area contributed by atoms with Crippen molar-refractivity contribution in [1.29, 1.82) is 0 Å². The van der Waals surface area contributed by atoms with E-state index in [1.165, 1.54) is 11.3 Å². The maximum Gasteiger partial charge on any atom is 0.311 e. The molecule has 0 saturated heterocycles. The van der Waals surface area contributed by atoms with Crippen molar-refractivity contribution in [3.63, 3.8) is 0 Å². The molecule has 33 heavy (non-hydrogen) atoms. The summed E-state index contributed by atoms with van der Waals surface area (Å²) in [7, 11) is -2.03. The lowest BCUT2D eigenvalue weighted by Crippen LogP contribution is -2.46. The number of hydrogen-bond donors (Lipinski definition) is 1. The maximum atomic E-state index is 11.8. The number of nitrogens with zero attached hydrogens (tertiary/aromatic N) is 2. The van der Waals surface area contributed by atoms with E-state index in [0.717, 1.165) is 29.4 Å². The van der Waals surface area contributed by atoms with Crippen LogP contribution in [0.2, 0.25) is 23.2 Å². The molecule has 2 aromatic rings. The van der Waals surface area contributed by atoms with E-state index in [4.69, 9.17) is 20.8 Å². The van der Waals surface area contributed by atoms with Gasteiger partial charge in [-0.05, 0) is 49.2 Å². The molecule has 0 aliphatic heterocycles. The predicted molar refractivity (Wildman–Crippen MR) is 141 cm³/mol. The third kappa shape index (κ3) is 8.37. The summed E-state index contributed by atoms with van der Waals surface area (Å²) in [4.78, 5) is 16.5. The van der Waals surface area contributed by atoms with Crippen molar-refractivity contribution in [3.8, 4) is 0 Å². The van der Waals surface area contributed by atoms with Crippen LogP contribution in [0.5, 0.6) is 0 Å². The number of aromatic nitrogens is 1. The molecule has 1 atom stereocenters. The number of ether oxygens (including phenoxy) is 1. The molecule has 6 nitrogen and oxygen atoms in total. The molecule has 0 fully saturated rings. The molecular weight excluding hydrogens is 474 g/mol. The van der Waals surface area contributed by atoms with Gasteiger partial charge in [0.25, 0.3) is 0 Å². The van der Waals surface area contributed by atoms with Crippen molar-refractivity contribution >= 4 is 42.4 Å². The fourth-order valence-corrected chi connectivity index (χ4v) is 5.30. The zero-order valence-electron chi connectivity index (χ0n) is 20.9. The number of thiazole rings is 1.